The molecule has 1 aliphatic heterocycles. The first-order chi connectivity index (χ1) is 8.62. The Kier molecular flexibility index (Phi) is 3.90. The Bertz CT molecular complexity index is 435. The van der Waals surface area contributed by atoms with Crippen LogP contribution in [0.3, 0.4) is 0 Å². The van der Waals surface area contributed by atoms with Gasteiger partial charge in [-0.25, -0.2) is 12.7 Å². The predicted molar refractivity (Wildman–Crippen MR) is 66.1 cm³/mol. The summed E-state index contributed by atoms with van der Waals surface area (Å²) in [4.78, 5) is 0. The van der Waals surface area contributed by atoms with Crippen LogP contribution < -0.4 is 0 Å². The van der Waals surface area contributed by atoms with Crippen LogP contribution in [0.2, 0.25) is 0 Å². The topological polar surface area (TPSA) is 37.4 Å². The summed E-state index contributed by atoms with van der Waals surface area (Å²) in [6.07, 6.45) is -1.78. The summed E-state index contributed by atoms with van der Waals surface area (Å²) in [5.74, 6) is -0.222. The molecule has 7 heteroatoms. The Morgan fingerprint density at radius 3 is 2.53 bits per heavy atom. The molecule has 1 heterocycles. The minimum Gasteiger partial charge on any atom is -0.212 e. The average molecular weight is 299 g/mol. The van der Waals surface area contributed by atoms with Crippen molar-refractivity contribution >= 4 is 10.0 Å². The van der Waals surface area contributed by atoms with Crippen LogP contribution >= 0.6 is 0 Å². The van der Waals surface area contributed by atoms with Gasteiger partial charge in [0.25, 0.3) is 0 Å². The first-order valence-corrected chi connectivity index (χ1v) is 8.27. The van der Waals surface area contributed by atoms with Gasteiger partial charge in [0.1, 0.15) is 0 Å². The van der Waals surface area contributed by atoms with E-state index in [1.165, 1.54) is 4.31 Å². The second kappa shape index (κ2) is 4.91. The third-order valence-corrected chi connectivity index (χ3v) is 6.21. The lowest BCUT2D eigenvalue weighted by atomic mass is 9.85. The molecule has 0 bridgehead atoms. The Balaban J connectivity index is 1.96. The Morgan fingerprint density at radius 1 is 1.32 bits per heavy atom. The van der Waals surface area contributed by atoms with Crippen molar-refractivity contribution in [3.8, 4) is 0 Å². The molecule has 2 atom stereocenters. The normalized spacial score (nSPS) is 33.4. The van der Waals surface area contributed by atoms with E-state index in [1.54, 1.807) is 0 Å². The summed E-state index contributed by atoms with van der Waals surface area (Å²) >= 11 is 0. The van der Waals surface area contributed by atoms with Crippen LogP contribution in [0.25, 0.3) is 0 Å². The molecule has 1 aliphatic carbocycles. The smallest absolute Gasteiger partial charge is 0.212 e. The number of halogens is 3. The third kappa shape index (κ3) is 3.62. The molecule has 1 saturated carbocycles. The van der Waals surface area contributed by atoms with Crippen molar-refractivity contribution in [2.75, 3.05) is 18.8 Å². The molecule has 0 aromatic heterocycles. The van der Waals surface area contributed by atoms with E-state index in [-0.39, 0.29) is 5.41 Å². The van der Waals surface area contributed by atoms with Gasteiger partial charge in [0.05, 0.1) is 12.2 Å². The fourth-order valence-corrected chi connectivity index (χ4v) is 4.96. The second-order valence-corrected chi connectivity index (χ2v) is 8.20. The maximum absolute atomic E-state index is 12.1. The molecule has 1 spiro atoms. The van der Waals surface area contributed by atoms with Crippen molar-refractivity contribution in [1.29, 1.82) is 0 Å². The van der Waals surface area contributed by atoms with Crippen LogP contribution in [0.15, 0.2) is 0 Å². The van der Waals surface area contributed by atoms with Gasteiger partial charge in [-0.05, 0) is 30.6 Å². The highest BCUT2D eigenvalue weighted by molar-refractivity contribution is 7.89. The van der Waals surface area contributed by atoms with E-state index in [0.717, 1.165) is 25.7 Å². The van der Waals surface area contributed by atoms with Crippen LogP contribution in [-0.4, -0.2) is 37.7 Å². The van der Waals surface area contributed by atoms with Crippen molar-refractivity contribution < 1.29 is 21.6 Å². The average Bonchev–Trinajstić information content (AvgIpc) is 2.84. The highest BCUT2D eigenvalue weighted by Gasteiger charge is 2.46. The summed E-state index contributed by atoms with van der Waals surface area (Å²) in [5, 5.41) is 0. The molecule has 2 aliphatic rings. The van der Waals surface area contributed by atoms with E-state index in [1.807, 2.05) is 0 Å². The molecule has 0 amide bonds. The van der Waals surface area contributed by atoms with E-state index in [2.05, 4.69) is 6.92 Å². The number of alkyl halides is 3. The van der Waals surface area contributed by atoms with Gasteiger partial charge < -0.3 is 0 Å². The van der Waals surface area contributed by atoms with Crippen molar-refractivity contribution in [3.05, 3.63) is 0 Å². The van der Waals surface area contributed by atoms with Gasteiger partial charge >= 0.3 is 6.18 Å². The molecule has 3 nitrogen and oxygen atoms in total. The maximum atomic E-state index is 12.1. The Hall–Kier alpha value is -0.300. The summed E-state index contributed by atoms with van der Waals surface area (Å²) in [6.45, 7) is 2.94. The first kappa shape index (κ1) is 15.1. The first-order valence-electron chi connectivity index (χ1n) is 6.67. The molecular weight excluding hydrogens is 279 g/mol. The summed E-state index contributed by atoms with van der Waals surface area (Å²) in [7, 11) is -3.76. The lowest BCUT2D eigenvalue weighted by Gasteiger charge is -2.24. The number of hydrogen-bond donors (Lipinski definition) is 0. The van der Waals surface area contributed by atoms with Gasteiger partial charge in [-0.1, -0.05) is 13.3 Å². The molecule has 0 radical (unpaired) electrons. The molecule has 0 aromatic carbocycles. The minimum atomic E-state index is -4.41. The molecule has 1 saturated heterocycles. The fourth-order valence-electron chi connectivity index (χ4n) is 3.37. The van der Waals surface area contributed by atoms with Gasteiger partial charge in [-0.15, -0.1) is 0 Å². The third-order valence-electron chi connectivity index (χ3n) is 4.39. The van der Waals surface area contributed by atoms with E-state index in [0.29, 0.717) is 19.0 Å². The van der Waals surface area contributed by atoms with Gasteiger partial charge in [0.15, 0.2) is 0 Å². The number of rotatable bonds is 3. The molecular formula is C12H20F3NO2S. The number of sulfonamides is 1. The number of nitrogens with zero attached hydrogens (tertiary/aromatic N) is 1. The molecule has 0 N–H and O–H groups in total. The monoisotopic (exact) mass is 299 g/mol. The number of hydrogen-bond acceptors (Lipinski definition) is 2. The lowest BCUT2D eigenvalue weighted by molar-refractivity contribution is -0.130. The largest absolute Gasteiger partial charge is 0.390 e. The zero-order valence-electron chi connectivity index (χ0n) is 11.0. The maximum Gasteiger partial charge on any atom is 0.390 e. The predicted octanol–water partition coefficient (Wildman–Crippen LogP) is 2.78. The van der Waals surface area contributed by atoms with Gasteiger partial charge in [-0.3, -0.25) is 0 Å². The highest BCUT2D eigenvalue weighted by atomic mass is 32.2. The summed E-state index contributed by atoms with van der Waals surface area (Å²) in [6, 6.07) is 0. The zero-order valence-corrected chi connectivity index (χ0v) is 11.9. The Labute approximate surface area is 112 Å². The molecule has 19 heavy (non-hydrogen) atoms. The van der Waals surface area contributed by atoms with E-state index < -0.39 is 28.4 Å². The zero-order chi connectivity index (χ0) is 14.3. The molecule has 0 aromatic rings. The van der Waals surface area contributed by atoms with Crippen molar-refractivity contribution in [3.63, 3.8) is 0 Å². The highest BCUT2D eigenvalue weighted by Crippen LogP contribution is 2.48. The van der Waals surface area contributed by atoms with Gasteiger partial charge in [-0.2, -0.15) is 13.2 Å². The van der Waals surface area contributed by atoms with Crippen LogP contribution in [0, 0.1) is 11.3 Å². The molecule has 2 fully saturated rings. The van der Waals surface area contributed by atoms with E-state index >= 15 is 0 Å². The van der Waals surface area contributed by atoms with Crippen LogP contribution in [0.5, 0.6) is 0 Å². The molecule has 0 unspecified atom stereocenters. The molecule has 112 valence electrons. The van der Waals surface area contributed by atoms with Crippen LogP contribution in [0.4, 0.5) is 13.2 Å². The van der Waals surface area contributed by atoms with Crippen LogP contribution in [0.1, 0.15) is 39.0 Å². The van der Waals surface area contributed by atoms with E-state index in [9.17, 15) is 21.6 Å². The SMILES string of the molecule is C[C@@H]1CC[C@@]2(CCN(S(=O)(=O)CCC(F)(F)F)C2)C1. The summed E-state index contributed by atoms with van der Waals surface area (Å²) < 4.78 is 61.5. The van der Waals surface area contributed by atoms with Crippen LogP contribution in [-0.2, 0) is 10.0 Å². The van der Waals surface area contributed by atoms with Crippen molar-refractivity contribution in [2.45, 2.75) is 45.2 Å². The quantitative estimate of drug-likeness (QED) is 0.803. The summed E-state index contributed by atoms with van der Waals surface area (Å²) in [5.41, 5.74) is 0.0325. The van der Waals surface area contributed by atoms with Crippen molar-refractivity contribution in [1.82, 2.24) is 4.31 Å². The van der Waals surface area contributed by atoms with Crippen molar-refractivity contribution in [2.24, 2.45) is 11.3 Å². The standard InChI is InChI=1S/C12H20F3NO2S/c1-10-2-3-11(8-10)4-6-16(9-11)19(17,18)7-5-12(13,14)15/h10H,2-9H2,1H3/t10-,11-/m1/s1. The van der Waals surface area contributed by atoms with E-state index in [4.69, 9.17) is 0 Å². The Morgan fingerprint density at radius 2 is 2.00 bits per heavy atom. The van der Waals surface area contributed by atoms with Gasteiger partial charge in [0, 0.05) is 13.1 Å². The minimum absolute atomic E-state index is 0.0325. The fraction of sp³-hybridized carbons (Fsp3) is 1.00. The second-order valence-electron chi connectivity index (χ2n) is 6.11. The molecule has 2 rings (SSSR count). The lowest BCUT2D eigenvalue weighted by Crippen LogP contribution is -2.34. The van der Waals surface area contributed by atoms with Gasteiger partial charge in [0.2, 0.25) is 10.0 Å².